The van der Waals surface area contributed by atoms with E-state index in [-0.39, 0.29) is 22.8 Å². The van der Waals surface area contributed by atoms with E-state index in [2.05, 4.69) is 0 Å². The molecule has 5 nitrogen and oxygen atoms in total. The van der Waals surface area contributed by atoms with Crippen LogP contribution in [0.2, 0.25) is 0 Å². The van der Waals surface area contributed by atoms with Crippen LogP contribution in [0, 0.1) is 5.82 Å². The first-order chi connectivity index (χ1) is 8.34. The van der Waals surface area contributed by atoms with Gasteiger partial charge in [0, 0.05) is 16.2 Å². The number of rotatable bonds is 5. The maximum atomic E-state index is 14.0. The molecule has 1 aromatic rings. The molecular formula is C10H12ClFO5S. The minimum atomic E-state index is -3.84. The van der Waals surface area contributed by atoms with Crippen molar-refractivity contribution in [1.29, 1.82) is 0 Å². The van der Waals surface area contributed by atoms with Crippen molar-refractivity contribution < 1.29 is 27.0 Å². The first kappa shape index (κ1) is 14.8. The van der Waals surface area contributed by atoms with Crippen LogP contribution in [-0.2, 0) is 14.8 Å². The first-order valence-electron chi connectivity index (χ1n) is 4.73. The predicted molar refractivity (Wildman–Crippen MR) is 64.5 cm³/mol. The van der Waals surface area contributed by atoms with E-state index in [9.17, 15) is 12.8 Å². The van der Waals surface area contributed by atoms with Gasteiger partial charge in [-0.05, 0) is 6.07 Å². The van der Waals surface area contributed by atoms with Gasteiger partial charge in [-0.1, -0.05) is 0 Å². The Balaban J connectivity index is 3.47. The fraction of sp³-hybridized carbons (Fsp3) is 0.400. The number of hydrogen-bond acceptors (Lipinski definition) is 5. The van der Waals surface area contributed by atoms with Crippen LogP contribution in [0.3, 0.4) is 0 Å². The zero-order valence-corrected chi connectivity index (χ0v) is 11.6. The molecule has 0 saturated heterocycles. The predicted octanol–water partition coefficient (Wildman–Crippen LogP) is 1.92. The number of halogens is 2. The van der Waals surface area contributed by atoms with Crippen molar-refractivity contribution in [2.24, 2.45) is 0 Å². The molecule has 1 rings (SSSR count). The Morgan fingerprint density at radius 2 is 1.72 bits per heavy atom. The van der Waals surface area contributed by atoms with Crippen LogP contribution in [0.25, 0.3) is 0 Å². The van der Waals surface area contributed by atoms with Gasteiger partial charge < -0.3 is 14.2 Å². The van der Waals surface area contributed by atoms with Gasteiger partial charge in [-0.3, -0.25) is 0 Å². The lowest BCUT2D eigenvalue weighted by atomic mass is 10.2. The lowest BCUT2D eigenvalue weighted by Crippen LogP contribution is -2.04. The standard InChI is InChI=1S/C10H12ClFO5S/c1-15-7-4-6(5-18(11,13)14)9(16-2)8(12)10(7)17-3/h4H,5H2,1-3H3. The Labute approximate surface area is 109 Å². The second-order valence-electron chi connectivity index (χ2n) is 3.30. The van der Waals surface area contributed by atoms with Crippen molar-refractivity contribution in [2.45, 2.75) is 5.75 Å². The monoisotopic (exact) mass is 298 g/mol. The van der Waals surface area contributed by atoms with E-state index in [1.807, 2.05) is 0 Å². The van der Waals surface area contributed by atoms with Gasteiger partial charge in [0.15, 0.2) is 11.5 Å². The van der Waals surface area contributed by atoms with Crippen LogP contribution in [-0.4, -0.2) is 29.7 Å². The molecule has 0 spiro atoms. The SMILES string of the molecule is COc1cc(CS(=O)(=O)Cl)c(OC)c(F)c1OC. The zero-order chi connectivity index (χ0) is 13.9. The van der Waals surface area contributed by atoms with Gasteiger partial charge in [-0.25, -0.2) is 8.42 Å². The Morgan fingerprint density at radius 1 is 1.17 bits per heavy atom. The lowest BCUT2D eigenvalue weighted by Gasteiger charge is -2.14. The smallest absolute Gasteiger partial charge is 0.236 e. The van der Waals surface area contributed by atoms with Crippen molar-refractivity contribution in [3.63, 3.8) is 0 Å². The van der Waals surface area contributed by atoms with E-state index in [0.29, 0.717) is 0 Å². The highest BCUT2D eigenvalue weighted by Gasteiger charge is 2.23. The Hall–Kier alpha value is -1.21. The topological polar surface area (TPSA) is 61.8 Å². The van der Waals surface area contributed by atoms with Gasteiger partial charge in [0.2, 0.25) is 20.6 Å². The highest BCUT2D eigenvalue weighted by molar-refractivity contribution is 8.13. The highest BCUT2D eigenvalue weighted by atomic mass is 35.7. The highest BCUT2D eigenvalue weighted by Crippen LogP contribution is 2.39. The summed E-state index contributed by atoms with van der Waals surface area (Å²) in [5, 5.41) is 0. The summed E-state index contributed by atoms with van der Waals surface area (Å²) >= 11 is 0. The summed E-state index contributed by atoms with van der Waals surface area (Å²) in [4.78, 5) is 0. The molecule has 18 heavy (non-hydrogen) atoms. The molecule has 0 unspecified atom stereocenters. The van der Waals surface area contributed by atoms with E-state index in [1.165, 1.54) is 27.4 Å². The van der Waals surface area contributed by atoms with Gasteiger partial charge in [-0.15, -0.1) is 0 Å². The number of methoxy groups -OCH3 is 3. The van der Waals surface area contributed by atoms with Crippen LogP contribution < -0.4 is 14.2 Å². The van der Waals surface area contributed by atoms with Crippen LogP contribution in [0.5, 0.6) is 17.2 Å². The summed E-state index contributed by atoms with van der Waals surface area (Å²) in [6.45, 7) is 0. The molecule has 0 atom stereocenters. The van der Waals surface area contributed by atoms with Gasteiger partial charge in [-0.2, -0.15) is 4.39 Å². The van der Waals surface area contributed by atoms with Crippen molar-refractivity contribution in [1.82, 2.24) is 0 Å². The molecule has 8 heteroatoms. The minimum Gasteiger partial charge on any atom is -0.493 e. The third-order valence-electron chi connectivity index (χ3n) is 2.18. The molecule has 0 aliphatic rings. The van der Waals surface area contributed by atoms with Crippen LogP contribution >= 0.6 is 10.7 Å². The fourth-order valence-electron chi connectivity index (χ4n) is 1.50. The molecular weight excluding hydrogens is 287 g/mol. The quantitative estimate of drug-likeness (QED) is 0.777. The molecule has 0 aromatic heterocycles. The first-order valence-corrected chi connectivity index (χ1v) is 7.21. The number of ether oxygens (including phenoxy) is 3. The molecule has 1 aromatic carbocycles. The van der Waals surface area contributed by atoms with E-state index >= 15 is 0 Å². The van der Waals surface area contributed by atoms with E-state index in [4.69, 9.17) is 24.9 Å². The second-order valence-corrected chi connectivity index (χ2v) is 6.08. The third-order valence-corrected chi connectivity index (χ3v) is 3.16. The van der Waals surface area contributed by atoms with Gasteiger partial charge in [0.1, 0.15) is 0 Å². The summed E-state index contributed by atoms with van der Waals surface area (Å²) in [7, 11) is 5.09. The molecule has 0 fully saturated rings. The Bertz CT molecular complexity index is 544. The Kier molecular flexibility index (Phi) is 4.64. The van der Waals surface area contributed by atoms with Gasteiger partial charge >= 0.3 is 0 Å². The third kappa shape index (κ3) is 3.17. The van der Waals surface area contributed by atoms with Crippen molar-refractivity contribution in [3.8, 4) is 17.2 Å². The maximum Gasteiger partial charge on any atom is 0.236 e. The maximum absolute atomic E-state index is 14.0. The summed E-state index contributed by atoms with van der Waals surface area (Å²) in [5.74, 6) is -1.75. The number of benzene rings is 1. The zero-order valence-electron chi connectivity index (χ0n) is 9.99. The number of hydrogen-bond donors (Lipinski definition) is 0. The molecule has 0 heterocycles. The second kappa shape index (κ2) is 5.62. The average molecular weight is 299 g/mol. The molecule has 0 bridgehead atoms. The van der Waals surface area contributed by atoms with E-state index < -0.39 is 20.6 Å². The molecule has 0 saturated carbocycles. The van der Waals surface area contributed by atoms with Crippen LogP contribution in [0.1, 0.15) is 5.56 Å². The average Bonchev–Trinajstić information content (AvgIpc) is 2.26. The van der Waals surface area contributed by atoms with Crippen LogP contribution in [0.15, 0.2) is 6.07 Å². The van der Waals surface area contributed by atoms with Gasteiger partial charge in [0.25, 0.3) is 0 Å². The minimum absolute atomic E-state index is 0.0580. The molecule has 0 N–H and O–H groups in total. The molecule has 0 aliphatic heterocycles. The summed E-state index contributed by atoms with van der Waals surface area (Å²) < 4.78 is 50.7. The van der Waals surface area contributed by atoms with E-state index in [0.717, 1.165) is 0 Å². The molecule has 0 radical (unpaired) electrons. The molecule has 0 amide bonds. The largest absolute Gasteiger partial charge is 0.493 e. The Morgan fingerprint density at radius 3 is 2.11 bits per heavy atom. The fourth-order valence-corrected chi connectivity index (χ4v) is 2.44. The van der Waals surface area contributed by atoms with E-state index in [1.54, 1.807) is 0 Å². The van der Waals surface area contributed by atoms with Gasteiger partial charge in [0.05, 0.1) is 27.1 Å². The molecule has 102 valence electrons. The summed E-state index contributed by atoms with van der Waals surface area (Å²) in [6, 6.07) is 1.31. The van der Waals surface area contributed by atoms with Crippen molar-refractivity contribution in [2.75, 3.05) is 21.3 Å². The summed E-state index contributed by atoms with van der Waals surface area (Å²) in [5.41, 5.74) is 0.0580. The lowest BCUT2D eigenvalue weighted by molar-refractivity contribution is 0.319. The molecule has 0 aliphatic carbocycles. The summed E-state index contributed by atoms with van der Waals surface area (Å²) in [6.07, 6.45) is 0. The normalized spacial score (nSPS) is 11.2. The van der Waals surface area contributed by atoms with Crippen LogP contribution in [0.4, 0.5) is 4.39 Å². The van der Waals surface area contributed by atoms with Crippen molar-refractivity contribution >= 4 is 19.7 Å². The van der Waals surface area contributed by atoms with Crippen molar-refractivity contribution in [3.05, 3.63) is 17.4 Å².